The van der Waals surface area contributed by atoms with E-state index in [0.29, 0.717) is 27.5 Å². The average Bonchev–Trinajstić information content (AvgIpc) is 2.85. The number of anilines is 1. The first-order chi connectivity index (χ1) is 14.9. The van der Waals surface area contributed by atoms with Crippen molar-refractivity contribution in [2.24, 2.45) is 0 Å². The van der Waals surface area contributed by atoms with E-state index in [-0.39, 0.29) is 30.6 Å². The molecule has 0 spiro atoms. The molecule has 0 radical (unpaired) electrons. The van der Waals surface area contributed by atoms with E-state index in [1.807, 2.05) is 0 Å². The Kier molecular flexibility index (Phi) is 5.82. The van der Waals surface area contributed by atoms with E-state index in [2.05, 4.69) is 10.3 Å². The molecular formula is C24H20ClN3O3. The fourth-order valence-corrected chi connectivity index (χ4v) is 3.74. The molecule has 3 aromatic rings. The minimum absolute atomic E-state index is 0.0410. The fourth-order valence-electron chi connectivity index (χ4n) is 3.55. The lowest BCUT2D eigenvalue weighted by Crippen LogP contribution is -2.41. The van der Waals surface area contributed by atoms with Gasteiger partial charge in [-0.25, -0.2) is 4.98 Å². The Hall–Kier alpha value is -3.51. The SMILES string of the molecule is C[C@H]1C(=O)Cc2cc(Cl)ccc2C(=O)N1Cc1ccc(C(=O)Nc2ccccn2)cc1. The molecule has 2 heterocycles. The summed E-state index contributed by atoms with van der Waals surface area (Å²) in [5, 5.41) is 3.23. The number of halogens is 1. The largest absolute Gasteiger partial charge is 0.325 e. The molecule has 2 aromatic carbocycles. The third-order valence-corrected chi connectivity index (χ3v) is 5.57. The Morgan fingerprint density at radius 2 is 1.90 bits per heavy atom. The van der Waals surface area contributed by atoms with Gasteiger partial charge in [0.1, 0.15) is 5.82 Å². The maximum absolute atomic E-state index is 13.1. The van der Waals surface area contributed by atoms with Crippen LogP contribution in [0.15, 0.2) is 66.9 Å². The average molecular weight is 434 g/mol. The number of carbonyl (C=O) groups is 3. The monoisotopic (exact) mass is 433 g/mol. The summed E-state index contributed by atoms with van der Waals surface area (Å²) in [6, 6.07) is 16.7. The van der Waals surface area contributed by atoms with Crippen molar-refractivity contribution < 1.29 is 14.4 Å². The van der Waals surface area contributed by atoms with Crippen LogP contribution in [0.2, 0.25) is 5.02 Å². The Labute approximate surface area is 184 Å². The van der Waals surface area contributed by atoms with Gasteiger partial charge in [-0.05, 0) is 60.5 Å². The predicted molar refractivity (Wildman–Crippen MR) is 118 cm³/mol. The number of fused-ring (bicyclic) bond motifs is 1. The maximum atomic E-state index is 13.1. The van der Waals surface area contributed by atoms with Crippen molar-refractivity contribution in [1.82, 2.24) is 9.88 Å². The molecule has 156 valence electrons. The van der Waals surface area contributed by atoms with Gasteiger partial charge in [0, 0.05) is 35.3 Å². The highest BCUT2D eigenvalue weighted by Gasteiger charge is 2.32. The van der Waals surface area contributed by atoms with E-state index < -0.39 is 6.04 Å². The van der Waals surface area contributed by atoms with E-state index in [1.54, 1.807) is 78.7 Å². The zero-order valence-electron chi connectivity index (χ0n) is 16.8. The van der Waals surface area contributed by atoms with Gasteiger partial charge in [-0.2, -0.15) is 0 Å². The molecule has 2 amide bonds. The summed E-state index contributed by atoms with van der Waals surface area (Å²) in [6.07, 6.45) is 1.78. The molecular weight excluding hydrogens is 414 g/mol. The number of aromatic nitrogens is 1. The summed E-state index contributed by atoms with van der Waals surface area (Å²) in [4.78, 5) is 43.8. The van der Waals surface area contributed by atoms with Crippen LogP contribution in [0, 0.1) is 0 Å². The number of pyridine rings is 1. The molecule has 1 atom stereocenters. The van der Waals surface area contributed by atoms with Gasteiger partial charge in [-0.3, -0.25) is 14.4 Å². The number of Topliss-reactive ketones (excluding diaryl/α,β-unsaturated/α-hetero) is 1. The summed E-state index contributed by atoms with van der Waals surface area (Å²) >= 11 is 6.05. The highest BCUT2D eigenvalue weighted by atomic mass is 35.5. The Morgan fingerprint density at radius 3 is 2.61 bits per heavy atom. The number of carbonyl (C=O) groups excluding carboxylic acids is 3. The smallest absolute Gasteiger partial charge is 0.256 e. The van der Waals surface area contributed by atoms with Gasteiger partial charge < -0.3 is 10.2 Å². The molecule has 1 aliphatic rings. The molecule has 1 aromatic heterocycles. The first-order valence-electron chi connectivity index (χ1n) is 9.86. The van der Waals surface area contributed by atoms with E-state index in [0.717, 1.165) is 5.56 Å². The number of rotatable bonds is 4. The van der Waals surface area contributed by atoms with Gasteiger partial charge in [-0.1, -0.05) is 29.8 Å². The third-order valence-electron chi connectivity index (χ3n) is 5.33. The van der Waals surface area contributed by atoms with Crippen LogP contribution in [0.5, 0.6) is 0 Å². The van der Waals surface area contributed by atoms with Gasteiger partial charge >= 0.3 is 0 Å². The number of nitrogens with one attached hydrogen (secondary N) is 1. The minimum Gasteiger partial charge on any atom is -0.325 e. The van der Waals surface area contributed by atoms with Gasteiger partial charge in [-0.15, -0.1) is 0 Å². The zero-order valence-corrected chi connectivity index (χ0v) is 17.6. The van der Waals surface area contributed by atoms with Crippen LogP contribution in [0.25, 0.3) is 0 Å². The van der Waals surface area contributed by atoms with Crippen molar-refractivity contribution in [3.05, 3.63) is 94.1 Å². The third kappa shape index (κ3) is 4.49. The topological polar surface area (TPSA) is 79.4 Å². The summed E-state index contributed by atoms with van der Waals surface area (Å²) in [5.74, 6) is -0.0500. The van der Waals surface area contributed by atoms with Crippen molar-refractivity contribution in [3.63, 3.8) is 0 Å². The summed E-state index contributed by atoms with van der Waals surface area (Å²) in [6.45, 7) is 2.00. The second kappa shape index (κ2) is 8.70. The molecule has 0 fully saturated rings. The lowest BCUT2D eigenvalue weighted by atomic mass is 10.0. The normalized spacial score (nSPS) is 15.9. The van der Waals surface area contributed by atoms with Crippen LogP contribution in [0.3, 0.4) is 0 Å². The van der Waals surface area contributed by atoms with E-state index >= 15 is 0 Å². The first kappa shape index (κ1) is 20.8. The van der Waals surface area contributed by atoms with Crippen LogP contribution >= 0.6 is 11.6 Å². The highest BCUT2D eigenvalue weighted by molar-refractivity contribution is 6.30. The standard InChI is InChI=1S/C24H20ClN3O3/c1-15-21(29)13-18-12-19(25)9-10-20(18)24(31)28(15)14-16-5-7-17(8-6-16)23(30)27-22-4-2-3-11-26-22/h2-12,15H,13-14H2,1H3,(H,26,27,30)/t15-/m0/s1. The number of nitrogens with zero attached hydrogens (tertiary/aromatic N) is 2. The number of ketones is 1. The molecule has 1 aliphatic heterocycles. The summed E-state index contributed by atoms with van der Waals surface area (Å²) in [5.41, 5.74) is 2.44. The van der Waals surface area contributed by atoms with E-state index in [1.165, 1.54) is 0 Å². The second-order valence-corrected chi connectivity index (χ2v) is 7.86. The molecule has 31 heavy (non-hydrogen) atoms. The molecule has 0 unspecified atom stereocenters. The van der Waals surface area contributed by atoms with Crippen molar-refractivity contribution in [3.8, 4) is 0 Å². The van der Waals surface area contributed by atoms with Crippen LogP contribution < -0.4 is 5.32 Å². The highest BCUT2D eigenvalue weighted by Crippen LogP contribution is 2.25. The zero-order chi connectivity index (χ0) is 22.0. The molecule has 6 nitrogen and oxygen atoms in total. The maximum Gasteiger partial charge on any atom is 0.256 e. The summed E-state index contributed by atoms with van der Waals surface area (Å²) in [7, 11) is 0. The fraction of sp³-hybridized carbons (Fsp3) is 0.167. The van der Waals surface area contributed by atoms with Crippen molar-refractivity contribution in [2.45, 2.75) is 25.9 Å². The number of hydrogen-bond donors (Lipinski definition) is 1. The quantitative estimate of drug-likeness (QED) is 0.670. The van der Waals surface area contributed by atoms with E-state index in [4.69, 9.17) is 11.6 Å². The molecule has 0 bridgehead atoms. The van der Waals surface area contributed by atoms with E-state index in [9.17, 15) is 14.4 Å². The molecule has 0 aliphatic carbocycles. The van der Waals surface area contributed by atoms with Crippen molar-refractivity contribution in [1.29, 1.82) is 0 Å². The van der Waals surface area contributed by atoms with Crippen molar-refractivity contribution >= 4 is 35.0 Å². The summed E-state index contributed by atoms with van der Waals surface area (Å²) < 4.78 is 0. The minimum atomic E-state index is -0.564. The van der Waals surface area contributed by atoms with Crippen molar-refractivity contribution in [2.75, 3.05) is 5.32 Å². The van der Waals surface area contributed by atoms with Gasteiger partial charge in [0.05, 0.1) is 6.04 Å². The second-order valence-electron chi connectivity index (χ2n) is 7.42. The molecule has 4 rings (SSSR count). The molecule has 7 heteroatoms. The predicted octanol–water partition coefficient (Wildman–Crippen LogP) is 4.14. The first-order valence-corrected chi connectivity index (χ1v) is 10.2. The number of amides is 2. The van der Waals surface area contributed by atoms with Gasteiger partial charge in [0.15, 0.2) is 5.78 Å². The number of hydrogen-bond acceptors (Lipinski definition) is 4. The lowest BCUT2D eigenvalue weighted by Gasteiger charge is -2.26. The van der Waals surface area contributed by atoms with Crippen LogP contribution in [-0.4, -0.2) is 33.5 Å². The molecule has 0 saturated heterocycles. The Balaban J connectivity index is 1.52. The Morgan fingerprint density at radius 1 is 1.13 bits per heavy atom. The lowest BCUT2D eigenvalue weighted by molar-refractivity contribution is -0.122. The van der Waals surface area contributed by atoms with Crippen LogP contribution in [-0.2, 0) is 17.8 Å². The molecule has 1 N–H and O–H groups in total. The molecule has 0 saturated carbocycles. The van der Waals surface area contributed by atoms with Crippen LogP contribution in [0.1, 0.15) is 38.8 Å². The number of benzene rings is 2. The van der Waals surface area contributed by atoms with Gasteiger partial charge in [0.2, 0.25) is 0 Å². The van der Waals surface area contributed by atoms with Crippen LogP contribution in [0.4, 0.5) is 5.82 Å². The van der Waals surface area contributed by atoms with Gasteiger partial charge in [0.25, 0.3) is 11.8 Å². The Bertz CT molecular complexity index is 1150.